The highest BCUT2D eigenvalue weighted by molar-refractivity contribution is 6.92. The molecule has 37 heavy (non-hydrogen) atoms. The fourth-order valence-corrected chi connectivity index (χ4v) is 12.5. The molecule has 2 aliphatic rings. The fraction of sp³-hybridized carbons (Fsp3) is 0.455. The van der Waals surface area contributed by atoms with Crippen LogP contribution in [0.15, 0.2) is 35.4 Å². The molecule has 2 aromatic rings. The highest BCUT2D eigenvalue weighted by atomic mass is 28.3. The Hall–Kier alpha value is -1.21. The Morgan fingerprint density at radius 2 is 0.676 bits per heavy atom. The van der Waals surface area contributed by atoms with Gasteiger partial charge in [0.15, 0.2) is 0 Å². The summed E-state index contributed by atoms with van der Waals surface area (Å²) < 4.78 is 0. The Labute approximate surface area is 232 Å². The van der Waals surface area contributed by atoms with E-state index < -0.39 is 32.3 Å². The smallest absolute Gasteiger partial charge is 0.0656 e. The molecule has 0 spiro atoms. The topological polar surface area (TPSA) is 0 Å². The van der Waals surface area contributed by atoms with Gasteiger partial charge in [-0.1, -0.05) is 147 Å². The molecule has 2 radical (unpaired) electrons. The van der Waals surface area contributed by atoms with Gasteiger partial charge in [-0.05, 0) is 41.5 Å². The van der Waals surface area contributed by atoms with E-state index in [9.17, 15) is 0 Å². The summed E-state index contributed by atoms with van der Waals surface area (Å²) in [5.74, 6) is 0. The summed E-state index contributed by atoms with van der Waals surface area (Å²) >= 11 is 0. The lowest BCUT2D eigenvalue weighted by Gasteiger charge is -2.26. The third kappa shape index (κ3) is 6.02. The van der Waals surface area contributed by atoms with Crippen molar-refractivity contribution in [3.8, 4) is 0 Å². The monoisotopic (exact) mass is 558 g/mol. The number of allylic oxidation sites excluding steroid dienone is 2. The zero-order valence-corrected chi connectivity index (χ0v) is 29.7. The molecule has 0 nitrogen and oxygen atoms in total. The average Bonchev–Trinajstić information content (AvgIpc) is 3.32. The van der Waals surface area contributed by atoms with Crippen LogP contribution in [0, 0.1) is 12.8 Å². The quantitative estimate of drug-likeness (QED) is 0.292. The number of fused-ring (bicyclic) bond motifs is 2. The minimum atomic E-state index is -1.39. The molecule has 0 aliphatic heterocycles. The van der Waals surface area contributed by atoms with Crippen LogP contribution >= 0.6 is 0 Å². The largest absolute Gasteiger partial charge is 0.0783 e. The Bertz CT molecular complexity index is 1170. The fourth-order valence-electron chi connectivity index (χ4n) is 6.12. The van der Waals surface area contributed by atoms with Gasteiger partial charge in [0.25, 0.3) is 0 Å². The van der Waals surface area contributed by atoms with Crippen LogP contribution in [0.5, 0.6) is 0 Å². The Morgan fingerprint density at radius 1 is 0.405 bits per heavy atom. The van der Waals surface area contributed by atoms with Gasteiger partial charge in [0.05, 0.1) is 32.3 Å². The van der Waals surface area contributed by atoms with Crippen LogP contribution in [-0.2, 0) is 0 Å². The van der Waals surface area contributed by atoms with Crippen LogP contribution in [0.2, 0.25) is 78.6 Å². The highest BCUT2D eigenvalue weighted by Crippen LogP contribution is 2.34. The molecule has 0 bridgehead atoms. The zero-order chi connectivity index (χ0) is 27.6. The first-order chi connectivity index (χ1) is 16.9. The second kappa shape index (κ2) is 9.76. The van der Waals surface area contributed by atoms with Gasteiger partial charge in [-0.3, -0.25) is 0 Å². The van der Waals surface area contributed by atoms with E-state index in [1.807, 2.05) is 0 Å². The summed E-state index contributed by atoms with van der Waals surface area (Å²) in [7, 11) is -5.56. The summed E-state index contributed by atoms with van der Waals surface area (Å²) in [6, 6.07) is 9.92. The molecule has 0 saturated heterocycles. The molecule has 4 heteroatoms. The molecule has 0 atom stereocenters. The normalized spacial score (nSPS) is 16.0. The van der Waals surface area contributed by atoms with Gasteiger partial charge in [-0.15, -0.1) is 0 Å². The van der Waals surface area contributed by atoms with Gasteiger partial charge in [0.2, 0.25) is 0 Å². The van der Waals surface area contributed by atoms with Crippen LogP contribution in [0.25, 0.3) is 12.2 Å². The predicted molar refractivity (Wildman–Crippen MR) is 181 cm³/mol. The van der Waals surface area contributed by atoms with Crippen molar-refractivity contribution in [3.05, 3.63) is 70.5 Å². The minimum absolute atomic E-state index is 1.17. The van der Waals surface area contributed by atoms with Crippen LogP contribution in [0.4, 0.5) is 0 Å². The van der Waals surface area contributed by atoms with Crippen molar-refractivity contribution in [1.82, 2.24) is 0 Å². The van der Waals surface area contributed by atoms with Gasteiger partial charge in [-0.2, -0.15) is 0 Å². The van der Waals surface area contributed by atoms with Gasteiger partial charge in [0.1, 0.15) is 0 Å². The average molecular weight is 559 g/mol. The third-order valence-corrected chi connectivity index (χ3v) is 16.3. The van der Waals surface area contributed by atoms with Gasteiger partial charge >= 0.3 is 0 Å². The summed E-state index contributed by atoms with van der Waals surface area (Å²) in [5.41, 5.74) is 9.34. The van der Waals surface area contributed by atoms with Gasteiger partial charge in [-0.25, -0.2) is 0 Å². The van der Waals surface area contributed by atoms with Crippen molar-refractivity contribution in [2.45, 2.75) is 97.8 Å². The lowest BCUT2D eigenvalue weighted by atomic mass is 10.0. The third-order valence-electron chi connectivity index (χ3n) is 8.06. The Kier molecular flexibility index (Phi) is 7.59. The van der Waals surface area contributed by atoms with Gasteiger partial charge < -0.3 is 0 Å². The molecule has 4 rings (SSSR count). The molecule has 198 valence electrons. The van der Waals surface area contributed by atoms with Crippen LogP contribution in [-0.4, -0.2) is 32.3 Å². The van der Waals surface area contributed by atoms with Crippen LogP contribution in [0.3, 0.4) is 0 Å². The van der Waals surface area contributed by atoms with Crippen molar-refractivity contribution in [2.75, 3.05) is 0 Å². The van der Waals surface area contributed by atoms with E-state index in [1.54, 1.807) is 54.1 Å². The highest BCUT2D eigenvalue weighted by Gasteiger charge is 2.32. The molecule has 0 heterocycles. The van der Waals surface area contributed by atoms with Gasteiger partial charge in [0, 0.05) is 12.8 Å². The summed E-state index contributed by atoms with van der Waals surface area (Å²) in [6.45, 7) is 29.9. The van der Waals surface area contributed by atoms with Crippen LogP contribution < -0.4 is 20.7 Å². The Morgan fingerprint density at radius 3 is 0.946 bits per heavy atom. The first-order valence-corrected chi connectivity index (χ1v) is 28.3. The van der Waals surface area contributed by atoms with E-state index >= 15 is 0 Å². The van der Waals surface area contributed by atoms with E-state index in [0.717, 1.165) is 0 Å². The van der Waals surface area contributed by atoms with E-state index in [0.29, 0.717) is 0 Å². The number of rotatable bonds is 8. The lowest BCUT2D eigenvalue weighted by Crippen LogP contribution is -2.45. The van der Waals surface area contributed by atoms with Crippen molar-refractivity contribution in [3.63, 3.8) is 0 Å². The molecular weight excluding hydrogens is 509 g/mol. The second-order valence-electron chi connectivity index (χ2n) is 15.6. The summed E-state index contributed by atoms with van der Waals surface area (Å²) in [6.07, 6.45) is 13.8. The molecule has 0 saturated carbocycles. The molecule has 2 aromatic carbocycles. The number of benzene rings is 2. The molecular formula is C33H50Si4. The molecule has 0 unspecified atom stereocenters. The molecule has 0 amide bonds. The first-order valence-electron chi connectivity index (χ1n) is 14.3. The first kappa shape index (κ1) is 28.8. The van der Waals surface area contributed by atoms with Crippen LogP contribution in [0.1, 0.15) is 41.5 Å². The zero-order valence-electron chi connectivity index (χ0n) is 25.7. The second-order valence-corrected chi connectivity index (χ2v) is 35.7. The lowest BCUT2D eigenvalue weighted by molar-refractivity contribution is 0.824. The molecule has 0 aromatic heterocycles. The molecule has 2 aliphatic carbocycles. The summed E-state index contributed by atoms with van der Waals surface area (Å²) in [5, 5.41) is 6.54. The van der Waals surface area contributed by atoms with Crippen molar-refractivity contribution in [1.29, 1.82) is 0 Å². The maximum Gasteiger partial charge on any atom is 0.0783 e. The molecule has 0 N–H and O–H groups in total. The maximum atomic E-state index is 2.56. The SMILES string of the molecule is C[Si](C)(C)c1ccc([Si](C)(C)C)c2c1[CH]C(CCCC1=Cc3c([Si](C)(C)C)ccc([Si](C)(C)C)c3[CH]1)=C2. The standard InChI is InChI=1S/C33H50Si4/c1-34(2,3)30-16-17-31(35(4,5)6)27-21-24(20-26(27)30)14-13-15-25-22-28-29(23-25)33(37(10,11)12)19-18-32(28)36(7,8)9/h16-23H,13-15H2,1-12H3. The van der Waals surface area contributed by atoms with E-state index in [1.165, 1.54) is 19.3 Å². The minimum Gasteiger partial charge on any atom is -0.0656 e. The molecule has 0 fully saturated rings. The van der Waals surface area contributed by atoms with E-state index in [2.05, 4.69) is 128 Å². The van der Waals surface area contributed by atoms with Crippen molar-refractivity contribution < 1.29 is 0 Å². The predicted octanol–water partition coefficient (Wildman–Crippen LogP) is 7.64. The van der Waals surface area contributed by atoms with E-state index in [-0.39, 0.29) is 0 Å². The number of hydrogen-bond donors (Lipinski definition) is 0. The Balaban J connectivity index is 1.53. The summed E-state index contributed by atoms with van der Waals surface area (Å²) in [4.78, 5) is 0. The van der Waals surface area contributed by atoms with Crippen molar-refractivity contribution in [2.24, 2.45) is 0 Å². The van der Waals surface area contributed by atoms with Crippen molar-refractivity contribution >= 4 is 65.2 Å². The maximum absolute atomic E-state index is 2.56. The van der Waals surface area contributed by atoms with E-state index in [4.69, 9.17) is 0 Å². The number of hydrogen-bond acceptors (Lipinski definition) is 0.